The lowest BCUT2D eigenvalue weighted by Gasteiger charge is -2.13. The average Bonchev–Trinajstić information content (AvgIpc) is 2.92. The number of carbonyl (C=O) groups excluding carboxylic acids is 1. The van der Waals surface area contributed by atoms with Crippen LogP contribution in [0.3, 0.4) is 0 Å². The summed E-state index contributed by atoms with van der Waals surface area (Å²) in [6.07, 6.45) is 5.62. The Balaban J connectivity index is 1.52. The van der Waals surface area contributed by atoms with Crippen molar-refractivity contribution in [3.63, 3.8) is 0 Å². The minimum Gasteiger partial charge on any atom is -0.350 e. The lowest BCUT2D eigenvalue weighted by Crippen LogP contribution is -2.29. The molecule has 1 amide bonds. The molecule has 0 spiro atoms. The van der Waals surface area contributed by atoms with Crippen molar-refractivity contribution in [3.8, 4) is 0 Å². The highest BCUT2D eigenvalue weighted by Crippen LogP contribution is 2.23. The Labute approximate surface area is 156 Å². The van der Waals surface area contributed by atoms with Gasteiger partial charge in [0.05, 0.1) is 29.2 Å². The molecule has 0 bridgehead atoms. The minimum atomic E-state index is -0.482. The van der Waals surface area contributed by atoms with Crippen LogP contribution in [-0.2, 0) is 24.2 Å². The third kappa shape index (κ3) is 3.37. The van der Waals surface area contributed by atoms with E-state index in [4.69, 9.17) is 0 Å². The van der Waals surface area contributed by atoms with E-state index in [2.05, 4.69) is 25.7 Å². The predicted molar refractivity (Wildman–Crippen MR) is 102 cm³/mol. The number of aryl methyl sites for hydroxylation is 1. The van der Waals surface area contributed by atoms with Gasteiger partial charge in [-0.15, -0.1) is 0 Å². The molecule has 1 atom stereocenters. The maximum atomic E-state index is 12.7. The van der Waals surface area contributed by atoms with Crippen molar-refractivity contribution in [2.24, 2.45) is 0 Å². The molecule has 1 aliphatic carbocycles. The number of hydrogen-bond donors (Lipinski definition) is 3. The molecule has 0 saturated heterocycles. The lowest BCUT2D eigenvalue weighted by molar-refractivity contribution is -0.122. The fraction of sp³-hybridized carbons (Fsp3) is 0.400. The zero-order valence-electron chi connectivity index (χ0n) is 15.3. The molecule has 0 saturated carbocycles. The third-order valence-corrected chi connectivity index (χ3v) is 5.35. The molecule has 1 aromatic carbocycles. The number of rotatable bonds is 4. The van der Waals surface area contributed by atoms with Crippen LogP contribution in [0.2, 0.25) is 0 Å². The van der Waals surface area contributed by atoms with Gasteiger partial charge < -0.3 is 5.32 Å². The molecule has 0 radical (unpaired) electrons. The quantitative estimate of drug-likeness (QED) is 0.617. The van der Waals surface area contributed by atoms with Gasteiger partial charge in [0.15, 0.2) is 0 Å². The van der Waals surface area contributed by atoms with Crippen LogP contribution >= 0.6 is 0 Å². The number of H-pyrrole nitrogens is 2. The second kappa shape index (κ2) is 7.34. The van der Waals surface area contributed by atoms with Crippen LogP contribution in [0, 0.1) is 0 Å². The Morgan fingerprint density at radius 2 is 1.89 bits per heavy atom. The van der Waals surface area contributed by atoms with Crippen LogP contribution < -0.4 is 10.9 Å². The number of benzene rings is 1. The van der Waals surface area contributed by atoms with Gasteiger partial charge in [0.2, 0.25) is 5.91 Å². The van der Waals surface area contributed by atoms with Crippen molar-refractivity contribution in [2.75, 3.05) is 0 Å². The van der Waals surface area contributed by atoms with E-state index in [0.717, 1.165) is 25.0 Å². The van der Waals surface area contributed by atoms with Crippen molar-refractivity contribution in [2.45, 2.75) is 51.5 Å². The molecule has 7 heteroatoms. The summed E-state index contributed by atoms with van der Waals surface area (Å²) in [5.74, 6) is -0.616. The number of amides is 1. The summed E-state index contributed by atoms with van der Waals surface area (Å²) >= 11 is 0. The zero-order chi connectivity index (χ0) is 18.8. The van der Waals surface area contributed by atoms with E-state index in [-0.39, 0.29) is 11.5 Å². The first-order valence-electron chi connectivity index (χ1n) is 9.45. The highest BCUT2D eigenvalue weighted by atomic mass is 16.2. The van der Waals surface area contributed by atoms with Crippen molar-refractivity contribution in [1.82, 2.24) is 25.7 Å². The Bertz CT molecular complexity index is 1040. The van der Waals surface area contributed by atoms with Gasteiger partial charge in [-0.1, -0.05) is 24.6 Å². The Morgan fingerprint density at radius 3 is 2.74 bits per heavy atom. The van der Waals surface area contributed by atoms with Crippen LogP contribution in [0.5, 0.6) is 0 Å². The second-order valence-corrected chi connectivity index (χ2v) is 7.11. The van der Waals surface area contributed by atoms with Gasteiger partial charge in [-0.3, -0.25) is 14.7 Å². The smallest absolute Gasteiger partial charge is 0.272 e. The van der Waals surface area contributed by atoms with E-state index >= 15 is 0 Å². The van der Waals surface area contributed by atoms with Crippen molar-refractivity contribution in [1.29, 1.82) is 0 Å². The Morgan fingerprint density at radius 1 is 1.11 bits per heavy atom. The summed E-state index contributed by atoms with van der Waals surface area (Å²) in [5.41, 5.74) is 3.71. The first-order chi connectivity index (χ1) is 13.1. The first kappa shape index (κ1) is 17.5. The molecule has 140 valence electrons. The van der Waals surface area contributed by atoms with Crippen molar-refractivity contribution >= 4 is 16.7 Å². The molecular weight excluding hydrogens is 342 g/mol. The van der Waals surface area contributed by atoms with E-state index < -0.39 is 5.92 Å². The molecular formula is C20H23N5O2. The molecule has 27 heavy (non-hydrogen) atoms. The van der Waals surface area contributed by atoms with Crippen LogP contribution in [0.15, 0.2) is 29.1 Å². The summed E-state index contributed by atoms with van der Waals surface area (Å²) in [5, 5.41) is 18.4. The lowest BCUT2D eigenvalue weighted by atomic mass is 10.0. The molecule has 2 heterocycles. The highest BCUT2D eigenvalue weighted by Gasteiger charge is 2.22. The number of nitrogens with zero attached hydrogens (tertiary/aromatic N) is 2. The van der Waals surface area contributed by atoms with Crippen molar-refractivity contribution in [3.05, 3.63) is 57.3 Å². The number of carbonyl (C=O) groups is 1. The normalized spacial score (nSPS) is 15.1. The summed E-state index contributed by atoms with van der Waals surface area (Å²) in [6, 6.07) is 7.21. The number of nitrogens with one attached hydrogen (secondary N) is 3. The van der Waals surface area contributed by atoms with Gasteiger partial charge in [-0.05, 0) is 44.2 Å². The summed E-state index contributed by atoms with van der Waals surface area (Å²) in [6.45, 7) is 2.20. The molecule has 3 N–H and O–H groups in total. The standard InChI is InChI=1S/C20H23N5O2/c1-12(18-13-7-5-6-8-14(13)20(27)25-24-18)19(26)21-11-17-15-9-3-2-4-10-16(15)22-23-17/h5-8,12H,2-4,9-11H2,1H3,(H,21,26)(H,22,23)(H,25,27)/t12-/m1/s1. The number of aromatic amines is 2. The SMILES string of the molecule is C[C@@H](C(=O)NCc1n[nH]c2c1CCCCC2)c1n[nH]c(=O)c2ccccc12. The fourth-order valence-corrected chi connectivity index (χ4v) is 3.79. The maximum absolute atomic E-state index is 12.7. The summed E-state index contributed by atoms with van der Waals surface area (Å²) < 4.78 is 0. The fourth-order valence-electron chi connectivity index (χ4n) is 3.79. The number of hydrogen-bond acceptors (Lipinski definition) is 4. The van der Waals surface area contributed by atoms with Gasteiger partial charge in [-0.2, -0.15) is 10.2 Å². The van der Waals surface area contributed by atoms with Crippen molar-refractivity contribution < 1.29 is 4.79 Å². The van der Waals surface area contributed by atoms with Crippen LogP contribution in [0.25, 0.3) is 10.8 Å². The van der Waals surface area contributed by atoms with Crippen LogP contribution in [0.1, 0.15) is 54.7 Å². The monoisotopic (exact) mass is 365 g/mol. The third-order valence-electron chi connectivity index (χ3n) is 5.35. The van der Waals surface area contributed by atoms with E-state index in [1.165, 1.54) is 24.1 Å². The van der Waals surface area contributed by atoms with E-state index in [1.54, 1.807) is 19.1 Å². The zero-order valence-corrected chi connectivity index (χ0v) is 15.3. The minimum absolute atomic E-state index is 0.134. The van der Waals surface area contributed by atoms with Gasteiger partial charge in [-0.25, -0.2) is 5.10 Å². The van der Waals surface area contributed by atoms with Gasteiger partial charge >= 0.3 is 0 Å². The second-order valence-electron chi connectivity index (χ2n) is 7.11. The Hall–Kier alpha value is -2.96. The van der Waals surface area contributed by atoms with Gasteiger partial charge in [0.25, 0.3) is 5.56 Å². The summed E-state index contributed by atoms with van der Waals surface area (Å²) in [7, 11) is 0. The first-order valence-corrected chi connectivity index (χ1v) is 9.45. The molecule has 7 nitrogen and oxygen atoms in total. The molecule has 1 aliphatic rings. The molecule has 0 unspecified atom stereocenters. The molecule has 0 aliphatic heterocycles. The average molecular weight is 365 g/mol. The van der Waals surface area contributed by atoms with Crippen LogP contribution in [-0.4, -0.2) is 26.3 Å². The molecule has 3 aromatic rings. The van der Waals surface area contributed by atoms with E-state index in [0.29, 0.717) is 23.0 Å². The van der Waals surface area contributed by atoms with Gasteiger partial charge in [0.1, 0.15) is 0 Å². The topological polar surface area (TPSA) is 104 Å². The number of aromatic nitrogens is 4. The molecule has 2 aromatic heterocycles. The predicted octanol–water partition coefficient (Wildman–Crippen LogP) is 2.33. The highest BCUT2D eigenvalue weighted by molar-refractivity contribution is 5.90. The van der Waals surface area contributed by atoms with Gasteiger partial charge in [0, 0.05) is 11.1 Å². The molecule has 4 rings (SSSR count). The van der Waals surface area contributed by atoms with Crippen LogP contribution in [0.4, 0.5) is 0 Å². The Kier molecular flexibility index (Phi) is 4.75. The van der Waals surface area contributed by atoms with E-state index in [1.807, 2.05) is 12.1 Å². The maximum Gasteiger partial charge on any atom is 0.272 e. The molecule has 0 fully saturated rings. The largest absolute Gasteiger partial charge is 0.350 e. The van der Waals surface area contributed by atoms with E-state index in [9.17, 15) is 9.59 Å². The summed E-state index contributed by atoms with van der Waals surface area (Å²) in [4.78, 5) is 24.7. The number of fused-ring (bicyclic) bond motifs is 2.